The molecule has 2 heterocycles. The first-order valence-corrected chi connectivity index (χ1v) is 8.97. The second kappa shape index (κ2) is 8.09. The van der Waals surface area contributed by atoms with Gasteiger partial charge in [0.25, 0.3) is 5.89 Å². The van der Waals surface area contributed by atoms with Crippen LogP contribution in [0.2, 0.25) is 0 Å². The van der Waals surface area contributed by atoms with Crippen molar-refractivity contribution in [3.63, 3.8) is 0 Å². The summed E-state index contributed by atoms with van der Waals surface area (Å²) in [5.41, 5.74) is 2.11. The van der Waals surface area contributed by atoms with Gasteiger partial charge in [0.1, 0.15) is 0 Å². The highest BCUT2D eigenvalue weighted by atomic mass is 79.9. The molecule has 0 saturated carbocycles. The molecule has 0 aliphatic heterocycles. The van der Waals surface area contributed by atoms with Crippen LogP contribution < -0.4 is 10.6 Å². The van der Waals surface area contributed by atoms with Gasteiger partial charge in [0, 0.05) is 34.2 Å². The minimum absolute atomic E-state index is 0.108. The average Bonchev–Trinajstić information content (AvgIpc) is 3.12. The maximum Gasteiger partial charge on any atom is 0.319 e. The number of hydrogen-bond acceptors (Lipinski definition) is 5. The molecular formula is C18H18BrN5O2. The van der Waals surface area contributed by atoms with Crippen LogP contribution in [0.1, 0.15) is 20.3 Å². The Hall–Kier alpha value is -2.74. The molecule has 2 aromatic heterocycles. The van der Waals surface area contributed by atoms with Crippen LogP contribution in [0.3, 0.4) is 0 Å². The summed E-state index contributed by atoms with van der Waals surface area (Å²) in [4.78, 5) is 20.5. The number of hydrogen-bond donors (Lipinski definition) is 2. The maximum absolute atomic E-state index is 12.0. The van der Waals surface area contributed by atoms with E-state index in [1.165, 1.54) is 0 Å². The standard InChI is InChI=1S/C18H18BrN5O2/c1-3-11(2)21-18(25)22-15-6-4-5-12(8-15)16-23-17(26-24-16)13-7-14(19)10-20-9-13/h4-11H,3H2,1-2H3,(H2,21,22,25)/t11-/m0/s1. The molecule has 0 unspecified atom stereocenters. The van der Waals surface area contributed by atoms with Gasteiger partial charge >= 0.3 is 6.03 Å². The number of halogens is 1. The fraction of sp³-hybridized carbons (Fsp3) is 0.222. The van der Waals surface area contributed by atoms with Crippen LogP contribution in [0.4, 0.5) is 10.5 Å². The van der Waals surface area contributed by atoms with Gasteiger partial charge in [-0.05, 0) is 47.5 Å². The zero-order valence-electron chi connectivity index (χ0n) is 14.4. The largest absolute Gasteiger partial charge is 0.335 e. The molecule has 134 valence electrons. The van der Waals surface area contributed by atoms with E-state index in [1.807, 2.05) is 32.0 Å². The third-order valence-corrected chi connectivity index (χ3v) is 4.18. The molecular weight excluding hydrogens is 398 g/mol. The Kier molecular flexibility index (Phi) is 5.62. The number of aromatic nitrogens is 3. The van der Waals surface area contributed by atoms with Crippen molar-refractivity contribution in [2.45, 2.75) is 26.3 Å². The van der Waals surface area contributed by atoms with E-state index in [1.54, 1.807) is 24.5 Å². The Morgan fingerprint density at radius 3 is 2.88 bits per heavy atom. The smallest absolute Gasteiger partial charge is 0.319 e. The summed E-state index contributed by atoms with van der Waals surface area (Å²) in [5, 5.41) is 9.68. The number of rotatable bonds is 5. The van der Waals surface area contributed by atoms with Crippen molar-refractivity contribution in [2.24, 2.45) is 0 Å². The number of nitrogens with one attached hydrogen (secondary N) is 2. The Morgan fingerprint density at radius 1 is 1.27 bits per heavy atom. The fourth-order valence-corrected chi connectivity index (χ4v) is 2.58. The second-order valence-electron chi connectivity index (χ2n) is 5.80. The number of anilines is 1. The predicted octanol–water partition coefficient (Wildman–Crippen LogP) is 4.48. The van der Waals surface area contributed by atoms with Crippen molar-refractivity contribution in [2.75, 3.05) is 5.32 Å². The molecule has 2 N–H and O–H groups in total. The highest BCUT2D eigenvalue weighted by Gasteiger charge is 2.12. The van der Waals surface area contributed by atoms with Crippen molar-refractivity contribution in [1.29, 1.82) is 0 Å². The summed E-state index contributed by atoms with van der Waals surface area (Å²) in [5.74, 6) is 0.813. The van der Waals surface area contributed by atoms with Gasteiger partial charge in [-0.2, -0.15) is 4.98 Å². The van der Waals surface area contributed by atoms with Crippen molar-refractivity contribution >= 4 is 27.6 Å². The van der Waals surface area contributed by atoms with E-state index in [-0.39, 0.29) is 12.1 Å². The molecule has 0 fully saturated rings. The Balaban J connectivity index is 1.77. The van der Waals surface area contributed by atoms with Crippen molar-refractivity contribution in [3.05, 3.63) is 47.2 Å². The van der Waals surface area contributed by atoms with Gasteiger partial charge in [-0.1, -0.05) is 24.2 Å². The Morgan fingerprint density at radius 2 is 2.12 bits per heavy atom. The van der Waals surface area contributed by atoms with Crippen LogP contribution in [0.25, 0.3) is 22.8 Å². The summed E-state index contributed by atoms with van der Waals surface area (Å²) in [6.45, 7) is 3.97. The fourth-order valence-electron chi connectivity index (χ4n) is 2.22. The van der Waals surface area contributed by atoms with Crippen LogP contribution >= 0.6 is 15.9 Å². The minimum atomic E-state index is -0.245. The third-order valence-electron chi connectivity index (χ3n) is 3.75. The van der Waals surface area contributed by atoms with Crippen molar-refractivity contribution in [3.8, 4) is 22.8 Å². The van der Waals surface area contributed by atoms with Crippen LogP contribution in [0.5, 0.6) is 0 Å². The van der Waals surface area contributed by atoms with E-state index in [4.69, 9.17) is 4.52 Å². The van der Waals surface area contributed by atoms with Gasteiger partial charge in [-0.3, -0.25) is 4.98 Å². The lowest BCUT2D eigenvalue weighted by molar-refractivity contribution is 0.249. The van der Waals surface area contributed by atoms with E-state index in [0.29, 0.717) is 17.4 Å². The van der Waals surface area contributed by atoms with Crippen LogP contribution in [0.15, 0.2) is 51.7 Å². The number of carbonyl (C=O) groups excluding carboxylic acids is 1. The molecule has 0 aliphatic carbocycles. The molecule has 0 bridgehead atoms. The zero-order valence-corrected chi connectivity index (χ0v) is 15.9. The molecule has 1 atom stereocenters. The predicted molar refractivity (Wildman–Crippen MR) is 103 cm³/mol. The SMILES string of the molecule is CC[C@H](C)NC(=O)Nc1cccc(-c2noc(-c3cncc(Br)c3)n2)c1. The molecule has 0 saturated heterocycles. The van der Waals surface area contributed by atoms with Gasteiger partial charge in [-0.25, -0.2) is 4.79 Å². The molecule has 0 aliphatic rings. The highest BCUT2D eigenvalue weighted by Crippen LogP contribution is 2.25. The molecule has 0 spiro atoms. The Labute approximate surface area is 159 Å². The summed E-state index contributed by atoms with van der Waals surface area (Å²) in [6, 6.07) is 8.99. The number of urea groups is 1. The first kappa shape index (κ1) is 18.1. The van der Waals surface area contributed by atoms with Gasteiger partial charge in [0.05, 0.1) is 5.56 Å². The number of nitrogens with zero attached hydrogens (tertiary/aromatic N) is 3. The molecule has 3 aromatic rings. The van der Waals surface area contributed by atoms with E-state index < -0.39 is 0 Å². The molecule has 3 rings (SSSR count). The zero-order chi connectivity index (χ0) is 18.5. The molecule has 0 radical (unpaired) electrons. The van der Waals surface area contributed by atoms with E-state index >= 15 is 0 Å². The minimum Gasteiger partial charge on any atom is -0.335 e. The lowest BCUT2D eigenvalue weighted by Gasteiger charge is -2.12. The maximum atomic E-state index is 12.0. The average molecular weight is 416 g/mol. The molecule has 2 amide bonds. The molecule has 8 heteroatoms. The van der Waals surface area contributed by atoms with Crippen molar-refractivity contribution < 1.29 is 9.32 Å². The number of amides is 2. The summed E-state index contributed by atoms with van der Waals surface area (Å²) in [6.07, 6.45) is 4.20. The van der Waals surface area contributed by atoms with Gasteiger partial charge in [0.2, 0.25) is 5.82 Å². The molecule has 1 aromatic carbocycles. The number of carbonyl (C=O) groups is 1. The Bertz CT molecular complexity index is 912. The van der Waals surface area contributed by atoms with E-state index in [9.17, 15) is 4.79 Å². The topological polar surface area (TPSA) is 92.9 Å². The van der Waals surface area contributed by atoms with Crippen LogP contribution in [-0.2, 0) is 0 Å². The summed E-state index contributed by atoms with van der Waals surface area (Å²) >= 11 is 3.37. The van der Waals surface area contributed by atoms with Crippen LogP contribution in [0, 0.1) is 0 Å². The molecule has 7 nitrogen and oxygen atoms in total. The number of pyridine rings is 1. The van der Waals surface area contributed by atoms with Gasteiger partial charge in [0.15, 0.2) is 0 Å². The second-order valence-corrected chi connectivity index (χ2v) is 6.72. The van der Waals surface area contributed by atoms with E-state index in [2.05, 4.69) is 41.7 Å². The number of benzene rings is 1. The first-order valence-electron chi connectivity index (χ1n) is 8.17. The lowest BCUT2D eigenvalue weighted by Crippen LogP contribution is -2.35. The normalized spacial score (nSPS) is 11.8. The van der Waals surface area contributed by atoms with Gasteiger partial charge < -0.3 is 15.2 Å². The highest BCUT2D eigenvalue weighted by molar-refractivity contribution is 9.10. The lowest BCUT2D eigenvalue weighted by atomic mass is 10.2. The van der Waals surface area contributed by atoms with Gasteiger partial charge in [-0.15, -0.1) is 0 Å². The van der Waals surface area contributed by atoms with Crippen molar-refractivity contribution in [1.82, 2.24) is 20.4 Å². The quantitative estimate of drug-likeness (QED) is 0.640. The molecule has 26 heavy (non-hydrogen) atoms. The monoisotopic (exact) mass is 415 g/mol. The van der Waals surface area contributed by atoms with E-state index in [0.717, 1.165) is 22.0 Å². The third kappa shape index (κ3) is 4.45. The first-order chi connectivity index (χ1) is 12.5. The summed E-state index contributed by atoms with van der Waals surface area (Å²) < 4.78 is 6.15. The van der Waals surface area contributed by atoms with Crippen LogP contribution in [-0.4, -0.2) is 27.2 Å². The summed E-state index contributed by atoms with van der Waals surface area (Å²) in [7, 11) is 0.